The van der Waals surface area contributed by atoms with E-state index in [1.54, 1.807) is 0 Å². The van der Waals surface area contributed by atoms with Gasteiger partial charge in [-0.05, 0) is 30.2 Å². The van der Waals surface area contributed by atoms with E-state index in [0.29, 0.717) is 0 Å². The SMILES string of the molecule is CCC(CO)NCC1Cc2cc(Br)ccc2O1. The molecule has 3 nitrogen and oxygen atoms in total. The van der Waals surface area contributed by atoms with E-state index < -0.39 is 0 Å². The number of aliphatic hydroxyl groups excluding tert-OH is 1. The van der Waals surface area contributed by atoms with Crippen molar-refractivity contribution < 1.29 is 9.84 Å². The molecule has 2 unspecified atom stereocenters. The van der Waals surface area contributed by atoms with Gasteiger partial charge >= 0.3 is 0 Å². The predicted molar refractivity (Wildman–Crippen MR) is 71.4 cm³/mol. The molecule has 17 heavy (non-hydrogen) atoms. The van der Waals surface area contributed by atoms with Gasteiger partial charge in [-0.3, -0.25) is 0 Å². The molecular weight excluding hydrogens is 282 g/mol. The molecule has 2 atom stereocenters. The Bertz CT molecular complexity index is 380. The van der Waals surface area contributed by atoms with Gasteiger partial charge in [-0.15, -0.1) is 0 Å². The number of aliphatic hydroxyl groups is 1. The number of benzene rings is 1. The van der Waals surface area contributed by atoms with Crippen molar-refractivity contribution in [2.75, 3.05) is 13.2 Å². The highest BCUT2D eigenvalue weighted by Crippen LogP contribution is 2.30. The van der Waals surface area contributed by atoms with Gasteiger partial charge in [0.2, 0.25) is 0 Å². The summed E-state index contributed by atoms with van der Waals surface area (Å²) in [6.45, 7) is 3.03. The minimum atomic E-state index is 0.175. The Hall–Kier alpha value is -0.580. The van der Waals surface area contributed by atoms with E-state index in [1.165, 1.54) is 5.56 Å². The zero-order valence-corrected chi connectivity index (χ0v) is 11.5. The smallest absolute Gasteiger partial charge is 0.123 e. The molecule has 1 aliphatic heterocycles. The Morgan fingerprint density at radius 1 is 1.59 bits per heavy atom. The van der Waals surface area contributed by atoms with E-state index in [1.807, 2.05) is 12.1 Å². The fraction of sp³-hybridized carbons (Fsp3) is 0.538. The summed E-state index contributed by atoms with van der Waals surface area (Å²) in [6.07, 6.45) is 2.05. The lowest BCUT2D eigenvalue weighted by atomic mass is 10.1. The van der Waals surface area contributed by atoms with Crippen LogP contribution in [0.5, 0.6) is 5.75 Å². The summed E-state index contributed by atoms with van der Waals surface area (Å²) in [4.78, 5) is 0. The largest absolute Gasteiger partial charge is 0.488 e. The Morgan fingerprint density at radius 2 is 2.41 bits per heavy atom. The van der Waals surface area contributed by atoms with Crippen LogP contribution < -0.4 is 10.1 Å². The minimum absolute atomic E-state index is 0.175. The molecule has 0 saturated carbocycles. The highest BCUT2D eigenvalue weighted by molar-refractivity contribution is 9.10. The Kier molecular flexibility index (Phi) is 4.42. The van der Waals surface area contributed by atoms with Crippen LogP contribution in [0.15, 0.2) is 22.7 Å². The third-order valence-corrected chi connectivity index (χ3v) is 3.60. The highest BCUT2D eigenvalue weighted by Gasteiger charge is 2.23. The number of hydrogen-bond donors (Lipinski definition) is 2. The monoisotopic (exact) mass is 299 g/mol. The molecule has 0 saturated heterocycles. The second-order valence-electron chi connectivity index (χ2n) is 4.39. The van der Waals surface area contributed by atoms with Crippen LogP contribution in [0.2, 0.25) is 0 Å². The summed E-state index contributed by atoms with van der Waals surface area (Å²) in [7, 11) is 0. The quantitative estimate of drug-likeness (QED) is 0.875. The standard InChI is InChI=1S/C13H18BrNO2/c1-2-11(8-16)15-7-12-6-9-5-10(14)3-4-13(9)17-12/h3-5,11-12,15-16H,2,6-8H2,1H3. The van der Waals surface area contributed by atoms with Gasteiger partial charge in [-0.25, -0.2) is 0 Å². The topological polar surface area (TPSA) is 41.5 Å². The molecule has 1 aromatic carbocycles. The van der Waals surface area contributed by atoms with Crippen molar-refractivity contribution in [1.82, 2.24) is 5.32 Å². The van der Waals surface area contributed by atoms with Gasteiger partial charge in [0.1, 0.15) is 11.9 Å². The normalized spacial score (nSPS) is 19.8. The lowest BCUT2D eigenvalue weighted by Crippen LogP contribution is -2.39. The van der Waals surface area contributed by atoms with E-state index in [9.17, 15) is 0 Å². The van der Waals surface area contributed by atoms with Gasteiger partial charge in [0, 0.05) is 23.5 Å². The number of rotatable bonds is 5. The molecule has 4 heteroatoms. The molecule has 94 valence electrons. The molecule has 0 aliphatic carbocycles. The number of nitrogens with one attached hydrogen (secondary N) is 1. The zero-order chi connectivity index (χ0) is 12.3. The third kappa shape index (κ3) is 3.21. The maximum Gasteiger partial charge on any atom is 0.123 e. The van der Waals surface area contributed by atoms with E-state index in [0.717, 1.165) is 29.6 Å². The molecule has 2 rings (SSSR count). The number of hydrogen-bond acceptors (Lipinski definition) is 3. The summed E-state index contributed by atoms with van der Waals surface area (Å²) in [5.74, 6) is 0.983. The average Bonchev–Trinajstić information content (AvgIpc) is 2.72. The minimum Gasteiger partial charge on any atom is -0.488 e. The van der Waals surface area contributed by atoms with Crippen molar-refractivity contribution in [3.63, 3.8) is 0 Å². The van der Waals surface area contributed by atoms with Gasteiger partial charge in [0.15, 0.2) is 0 Å². The molecule has 0 fully saturated rings. The van der Waals surface area contributed by atoms with Crippen molar-refractivity contribution in [1.29, 1.82) is 0 Å². The molecule has 1 heterocycles. The fourth-order valence-electron chi connectivity index (χ4n) is 2.04. The van der Waals surface area contributed by atoms with Gasteiger partial charge < -0.3 is 15.2 Å². The summed E-state index contributed by atoms with van der Waals surface area (Å²) in [5.41, 5.74) is 1.25. The third-order valence-electron chi connectivity index (χ3n) is 3.11. The summed E-state index contributed by atoms with van der Waals surface area (Å²) >= 11 is 3.47. The van der Waals surface area contributed by atoms with E-state index in [2.05, 4.69) is 34.2 Å². The molecule has 1 aromatic rings. The van der Waals surface area contributed by atoms with Crippen LogP contribution in [0.1, 0.15) is 18.9 Å². The molecule has 0 bridgehead atoms. The summed E-state index contributed by atoms with van der Waals surface area (Å²) in [5, 5.41) is 12.4. The lowest BCUT2D eigenvalue weighted by Gasteiger charge is -2.17. The molecule has 0 radical (unpaired) electrons. The Labute approximate surface area is 110 Å². The van der Waals surface area contributed by atoms with Crippen LogP contribution in [0.3, 0.4) is 0 Å². The average molecular weight is 300 g/mol. The second-order valence-corrected chi connectivity index (χ2v) is 5.31. The van der Waals surface area contributed by atoms with Crippen LogP contribution in [0, 0.1) is 0 Å². The van der Waals surface area contributed by atoms with Crippen molar-refractivity contribution in [2.24, 2.45) is 0 Å². The van der Waals surface area contributed by atoms with E-state index in [-0.39, 0.29) is 18.8 Å². The Balaban J connectivity index is 1.88. The summed E-state index contributed by atoms with van der Waals surface area (Å²) in [6, 6.07) is 6.28. The summed E-state index contributed by atoms with van der Waals surface area (Å²) < 4.78 is 6.93. The molecule has 2 N–H and O–H groups in total. The maximum atomic E-state index is 9.10. The van der Waals surface area contributed by atoms with E-state index >= 15 is 0 Å². The highest BCUT2D eigenvalue weighted by atomic mass is 79.9. The fourth-order valence-corrected chi connectivity index (χ4v) is 2.45. The Morgan fingerprint density at radius 3 is 3.12 bits per heavy atom. The van der Waals surface area contributed by atoms with E-state index in [4.69, 9.17) is 9.84 Å². The first-order chi connectivity index (χ1) is 8.22. The van der Waals surface area contributed by atoms with Crippen LogP contribution >= 0.6 is 15.9 Å². The van der Waals surface area contributed by atoms with Crippen LogP contribution in [0.4, 0.5) is 0 Å². The van der Waals surface area contributed by atoms with Crippen LogP contribution in [0.25, 0.3) is 0 Å². The van der Waals surface area contributed by atoms with Crippen LogP contribution in [-0.4, -0.2) is 30.4 Å². The lowest BCUT2D eigenvalue weighted by molar-refractivity contribution is 0.195. The second kappa shape index (κ2) is 5.85. The number of halogens is 1. The van der Waals surface area contributed by atoms with Gasteiger partial charge in [0.05, 0.1) is 6.61 Å². The van der Waals surface area contributed by atoms with Crippen LogP contribution in [-0.2, 0) is 6.42 Å². The number of fused-ring (bicyclic) bond motifs is 1. The van der Waals surface area contributed by atoms with Crippen molar-refractivity contribution in [3.05, 3.63) is 28.2 Å². The molecular formula is C13H18BrNO2. The first kappa shape index (κ1) is 12.9. The first-order valence-corrected chi connectivity index (χ1v) is 6.81. The first-order valence-electron chi connectivity index (χ1n) is 6.02. The zero-order valence-electron chi connectivity index (χ0n) is 9.95. The maximum absolute atomic E-state index is 9.10. The molecule has 0 aromatic heterocycles. The van der Waals surface area contributed by atoms with Gasteiger partial charge in [0.25, 0.3) is 0 Å². The number of ether oxygens (including phenoxy) is 1. The van der Waals surface area contributed by atoms with Gasteiger partial charge in [-0.1, -0.05) is 22.9 Å². The predicted octanol–water partition coefficient (Wildman–Crippen LogP) is 2.11. The van der Waals surface area contributed by atoms with Crippen molar-refractivity contribution in [3.8, 4) is 5.75 Å². The van der Waals surface area contributed by atoms with Crippen molar-refractivity contribution >= 4 is 15.9 Å². The van der Waals surface area contributed by atoms with Crippen molar-refractivity contribution in [2.45, 2.75) is 31.9 Å². The molecule has 0 spiro atoms. The molecule has 0 amide bonds. The van der Waals surface area contributed by atoms with Gasteiger partial charge in [-0.2, -0.15) is 0 Å². The molecule has 1 aliphatic rings.